The zero-order valence-electron chi connectivity index (χ0n) is 18.3. The smallest absolute Gasteiger partial charge is 0.387 e. The van der Waals surface area contributed by atoms with E-state index in [4.69, 9.17) is 14.2 Å². The second kappa shape index (κ2) is 11.1. The van der Waals surface area contributed by atoms with Gasteiger partial charge in [-0.15, -0.1) is 0 Å². The lowest BCUT2D eigenvalue weighted by Crippen LogP contribution is -2.47. The molecule has 1 unspecified atom stereocenters. The van der Waals surface area contributed by atoms with Crippen LogP contribution in [0.1, 0.15) is 28.9 Å². The Labute approximate surface area is 193 Å². The maximum Gasteiger partial charge on any atom is 0.387 e. The number of halogens is 2. The summed E-state index contributed by atoms with van der Waals surface area (Å²) in [5, 5.41) is 5.11. The summed E-state index contributed by atoms with van der Waals surface area (Å²) in [6, 6.07) is 11.1. The second-order valence-corrected chi connectivity index (χ2v) is 6.85. The maximum atomic E-state index is 12.9. The van der Waals surface area contributed by atoms with Crippen LogP contribution in [0.5, 0.6) is 11.5 Å². The highest BCUT2D eigenvalue weighted by molar-refractivity contribution is 5.96. The van der Waals surface area contributed by atoms with Gasteiger partial charge in [0.25, 0.3) is 0 Å². The molecule has 2 aromatic carbocycles. The lowest BCUT2D eigenvalue weighted by molar-refractivity contribution is -0.139. The van der Waals surface area contributed by atoms with Gasteiger partial charge >= 0.3 is 24.6 Å². The average Bonchev–Trinajstić information content (AvgIpc) is 2.82. The van der Waals surface area contributed by atoms with Crippen LogP contribution in [0.15, 0.2) is 59.8 Å². The molecule has 2 amide bonds. The van der Waals surface area contributed by atoms with Crippen molar-refractivity contribution in [1.82, 2.24) is 10.6 Å². The van der Waals surface area contributed by atoms with Crippen LogP contribution in [0.4, 0.5) is 13.6 Å². The van der Waals surface area contributed by atoms with Crippen LogP contribution >= 0.6 is 0 Å². The van der Waals surface area contributed by atoms with Gasteiger partial charge in [-0.25, -0.2) is 14.4 Å². The summed E-state index contributed by atoms with van der Waals surface area (Å²) in [6.07, 6.45) is 0. The van der Waals surface area contributed by atoms with E-state index in [9.17, 15) is 23.2 Å². The molecule has 3 rings (SSSR count). The molecule has 1 aliphatic heterocycles. The van der Waals surface area contributed by atoms with E-state index in [0.29, 0.717) is 5.56 Å². The molecular weight excluding hydrogens is 454 g/mol. The van der Waals surface area contributed by atoms with Gasteiger partial charge in [0.2, 0.25) is 0 Å². The fourth-order valence-electron chi connectivity index (χ4n) is 3.34. The highest BCUT2D eigenvalue weighted by atomic mass is 19.3. The molecule has 34 heavy (non-hydrogen) atoms. The molecule has 180 valence electrons. The third kappa shape index (κ3) is 5.61. The predicted octanol–water partition coefficient (Wildman–Crippen LogP) is 3.32. The first-order chi connectivity index (χ1) is 16.3. The van der Waals surface area contributed by atoms with Gasteiger partial charge in [-0.05, 0) is 24.6 Å². The molecular formula is C23H22F2N2O7. The van der Waals surface area contributed by atoms with Crippen LogP contribution in [0.25, 0.3) is 0 Å². The molecule has 2 aromatic rings. The zero-order chi connectivity index (χ0) is 24.7. The third-order valence-corrected chi connectivity index (χ3v) is 4.76. The quantitative estimate of drug-likeness (QED) is 0.534. The number of alkyl halides is 2. The van der Waals surface area contributed by atoms with E-state index in [-0.39, 0.29) is 29.2 Å². The number of rotatable bonds is 9. The minimum atomic E-state index is -3.21. The third-order valence-electron chi connectivity index (χ3n) is 4.76. The molecule has 1 aliphatic rings. The van der Waals surface area contributed by atoms with Crippen LogP contribution < -0.4 is 20.1 Å². The molecule has 2 N–H and O–H groups in total. The Hall–Kier alpha value is -4.15. The van der Waals surface area contributed by atoms with Crippen molar-refractivity contribution in [2.45, 2.75) is 19.6 Å². The van der Waals surface area contributed by atoms with E-state index in [1.54, 1.807) is 37.3 Å². The zero-order valence-corrected chi connectivity index (χ0v) is 18.3. The summed E-state index contributed by atoms with van der Waals surface area (Å²) in [5.41, 5.74) is 0.307. The van der Waals surface area contributed by atoms with Crippen molar-refractivity contribution in [2.75, 3.05) is 20.3 Å². The fourth-order valence-corrected chi connectivity index (χ4v) is 3.34. The van der Waals surface area contributed by atoms with E-state index in [0.717, 1.165) is 0 Å². The molecule has 0 aromatic heterocycles. The number of carbonyl (C=O) groups excluding carboxylic acids is 3. The van der Waals surface area contributed by atoms with Crippen molar-refractivity contribution < 1.29 is 42.1 Å². The first kappa shape index (κ1) is 24.5. The SMILES string of the molecule is CCOC(=O)C1=C(COC(=O)c2cccc(OC)c2OC(F)F)NC(=O)NC1c1ccccc1. The number of amides is 2. The van der Waals surface area contributed by atoms with Crippen LogP contribution in [-0.4, -0.2) is 44.9 Å². The maximum absolute atomic E-state index is 12.9. The van der Waals surface area contributed by atoms with Gasteiger partial charge in [-0.2, -0.15) is 8.78 Å². The molecule has 0 saturated heterocycles. The average molecular weight is 476 g/mol. The number of carbonyl (C=O) groups is 3. The van der Waals surface area contributed by atoms with Gasteiger partial charge in [-0.3, -0.25) is 0 Å². The molecule has 0 bridgehead atoms. The summed E-state index contributed by atoms with van der Waals surface area (Å²) >= 11 is 0. The molecule has 1 atom stereocenters. The Morgan fingerprint density at radius 3 is 2.41 bits per heavy atom. The number of para-hydroxylation sites is 1. The van der Waals surface area contributed by atoms with E-state index in [1.165, 1.54) is 25.3 Å². The van der Waals surface area contributed by atoms with Gasteiger partial charge in [0.15, 0.2) is 11.5 Å². The number of nitrogens with one attached hydrogen (secondary N) is 2. The summed E-state index contributed by atoms with van der Waals surface area (Å²) in [4.78, 5) is 37.8. The van der Waals surface area contributed by atoms with E-state index in [1.807, 2.05) is 0 Å². The Bertz CT molecular complexity index is 1090. The summed E-state index contributed by atoms with van der Waals surface area (Å²) in [6.45, 7) is -2.06. The van der Waals surface area contributed by atoms with Crippen LogP contribution in [0.2, 0.25) is 0 Å². The fraction of sp³-hybridized carbons (Fsp3) is 0.261. The van der Waals surface area contributed by atoms with Crippen LogP contribution in [0, 0.1) is 0 Å². The van der Waals surface area contributed by atoms with Crippen molar-refractivity contribution >= 4 is 18.0 Å². The number of esters is 2. The van der Waals surface area contributed by atoms with Crippen molar-refractivity contribution in [1.29, 1.82) is 0 Å². The summed E-state index contributed by atoms with van der Waals surface area (Å²) in [7, 11) is 1.23. The molecule has 0 spiro atoms. The van der Waals surface area contributed by atoms with Gasteiger partial charge in [-0.1, -0.05) is 36.4 Å². The molecule has 9 nitrogen and oxygen atoms in total. The van der Waals surface area contributed by atoms with Crippen molar-refractivity contribution in [3.05, 3.63) is 70.9 Å². The second-order valence-electron chi connectivity index (χ2n) is 6.85. The number of hydrogen-bond donors (Lipinski definition) is 2. The van der Waals surface area contributed by atoms with Crippen molar-refractivity contribution in [2.24, 2.45) is 0 Å². The lowest BCUT2D eigenvalue weighted by atomic mass is 9.95. The van der Waals surface area contributed by atoms with Crippen LogP contribution in [0.3, 0.4) is 0 Å². The molecule has 0 aliphatic carbocycles. The number of methoxy groups -OCH3 is 1. The van der Waals surface area contributed by atoms with E-state index >= 15 is 0 Å². The van der Waals surface area contributed by atoms with Gasteiger partial charge in [0, 0.05) is 0 Å². The van der Waals surface area contributed by atoms with E-state index in [2.05, 4.69) is 15.4 Å². The summed E-state index contributed by atoms with van der Waals surface area (Å²) < 4.78 is 45.6. The Balaban J connectivity index is 1.93. The Kier molecular flexibility index (Phi) is 8.01. The normalized spacial score (nSPS) is 15.3. The molecule has 11 heteroatoms. The molecule has 0 radical (unpaired) electrons. The topological polar surface area (TPSA) is 112 Å². The number of hydrogen-bond acceptors (Lipinski definition) is 7. The first-order valence-corrected chi connectivity index (χ1v) is 10.2. The molecule has 1 heterocycles. The van der Waals surface area contributed by atoms with E-state index < -0.39 is 43.0 Å². The predicted molar refractivity (Wildman–Crippen MR) is 114 cm³/mol. The van der Waals surface area contributed by atoms with Crippen molar-refractivity contribution in [3.63, 3.8) is 0 Å². The highest BCUT2D eigenvalue weighted by Gasteiger charge is 2.34. The van der Waals surface area contributed by atoms with Crippen LogP contribution in [-0.2, 0) is 14.3 Å². The summed E-state index contributed by atoms with van der Waals surface area (Å²) in [5.74, 6) is -2.35. The highest BCUT2D eigenvalue weighted by Crippen LogP contribution is 2.33. The Morgan fingerprint density at radius 1 is 1.03 bits per heavy atom. The Morgan fingerprint density at radius 2 is 1.76 bits per heavy atom. The van der Waals surface area contributed by atoms with Gasteiger partial charge < -0.3 is 29.6 Å². The number of urea groups is 1. The molecule has 0 saturated carbocycles. The standard InChI is InChI=1S/C23H22F2N2O7/c1-3-32-21(29)17-15(26-23(30)27-18(17)13-8-5-4-6-9-13)12-33-20(28)14-10-7-11-16(31-2)19(14)34-22(24)25/h4-11,18,22H,3,12H2,1-2H3,(H2,26,27,30). The monoisotopic (exact) mass is 476 g/mol. The largest absolute Gasteiger partial charge is 0.493 e. The number of benzene rings is 2. The van der Waals surface area contributed by atoms with Crippen molar-refractivity contribution in [3.8, 4) is 11.5 Å². The number of ether oxygens (including phenoxy) is 4. The van der Waals surface area contributed by atoms with Gasteiger partial charge in [0.1, 0.15) is 12.2 Å². The van der Waals surface area contributed by atoms with Gasteiger partial charge in [0.05, 0.1) is 31.0 Å². The lowest BCUT2D eigenvalue weighted by Gasteiger charge is -2.29. The minimum Gasteiger partial charge on any atom is -0.493 e. The molecule has 0 fully saturated rings. The first-order valence-electron chi connectivity index (χ1n) is 10.2. The minimum absolute atomic E-state index is 0.0105.